The van der Waals surface area contributed by atoms with Gasteiger partial charge < -0.3 is 5.32 Å². The van der Waals surface area contributed by atoms with Gasteiger partial charge in [-0.25, -0.2) is 9.97 Å². The number of nitrogens with one attached hydrogen (secondary N) is 1. The molecule has 0 aromatic carbocycles. The van der Waals surface area contributed by atoms with Crippen LogP contribution >= 0.6 is 0 Å². The van der Waals surface area contributed by atoms with Crippen LogP contribution in [-0.4, -0.2) is 26.3 Å². The number of anilines is 1. The third kappa shape index (κ3) is 2.98. The predicted octanol–water partition coefficient (Wildman–Crippen LogP) is 3.19. The Kier molecular flexibility index (Phi) is 4.71. The molecule has 0 saturated heterocycles. The van der Waals surface area contributed by atoms with Crippen LogP contribution < -0.4 is 5.32 Å². The van der Waals surface area contributed by atoms with Gasteiger partial charge in [0.2, 0.25) is 0 Å². The van der Waals surface area contributed by atoms with E-state index in [0.717, 1.165) is 54.5 Å². The van der Waals surface area contributed by atoms with Crippen LogP contribution in [0.4, 0.5) is 5.82 Å². The van der Waals surface area contributed by atoms with Crippen LogP contribution in [0.5, 0.6) is 0 Å². The highest BCUT2D eigenvalue weighted by molar-refractivity contribution is 5.65. The van der Waals surface area contributed by atoms with Gasteiger partial charge in [-0.05, 0) is 32.8 Å². The standard InChI is InChI=1S/C15H23N5/c1-5-8-16-15-11(3)14(18-12(4)19-15)13-7-9-17-20(13)10-6-2/h7,9H,5-6,8,10H2,1-4H3,(H,16,18,19). The van der Waals surface area contributed by atoms with Gasteiger partial charge in [0.25, 0.3) is 0 Å². The lowest BCUT2D eigenvalue weighted by Crippen LogP contribution is -2.09. The number of hydrogen-bond donors (Lipinski definition) is 1. The van der Waals surface area contributed by atoms with Crippen LogP contribution in [0, 0.1) is 13.8 Å². The molecular formula is C15H23N5. The van der Waals surface area contributed by atoms with E-state index in [0.29, 0.717) is 0 Å². The minimum atomic E-state index is 0.786. The van der Waals surface area contributed by atoms with Gasteiger partial charge in [-0.15, -0.1) is 0 Å². The first kappa shape index (κ1) is 14.5. The SMILES string of the molecule is CCCNc1nc(C)nc(-c2ccnn2CCC)c1C. The predicted molar refractivity (Wildman–Crippen MR) is 81.8 cm³/mol. The molecule has 5 heteroatoms. The fourth-order valence-corrected chi connectivity index (χ4v) is 2.22. The molecule has 0 bridgehead atoms. The van der Waals surface area contributed by atoms with Crippen molar-refractivity contribution in [1.29, 1.82) is 0 Å². The molecule has 0 unspecified atom stereocenters. The maximum Gasteiger partial charge on any atom is 0.133 e. The molecule has 2 aromatic heterocycles. The minimum absolute atomic E-state index is 0.786. The van der Waals surface area contributed by atoms with Crippen LogP contribution in [0.2, 0.25) is 0 Å². The minimum Gasteiger partial charge on any atom is -0.370 e. The summed E-state index contributed by atoms with van der Waals surface area (Å²) < 4.78 is 2.01. The lowest BCUT2D eigenvalue weighted by atomic mass is 10.1. The first-order valence-corrected chi connectivity index (χ1v) is 7.28. The van der Waals surface area contributed by atoms with Gasteiger partial charge >= 0.3 is 0 Å². The zero-order chi connectivity index (χ0) is 14.5. The van der Waals surface area contributed by atoms with Crippen LogP contribution in [0.15, 0.2) is 12.3 Å². The molecular weight excluding hydrogens is 250 g/mol. The molecule has 2 heterocycles. The third-order valence-corrected chi connectivity index (χ3v) is 3.19. The molecule has 2 aromatic rings. The quantitative estimate of drug-likeness (QED) is 0.878. The summed E-state index contributed by atoms with van der Waals surface area (Å²) in [6.07, 6.45) is 3.96. The van der Waals surface area contributed by atoms with Gasteiger partial charge in [-0.3, -0.25) is 4.68 Å². The van der Waals surface area contributed by atoms with Crippen molar-refractivity contribution < 1.29 is 0 Å². The first-order chi connectivity index (χ1) is 9.67. The van der Waals surface area contributed by atoms with Gasteiger partial charge in [0, 0.05) is 24.8 Å². The summed E-state index contributed by atoms with van der Waals surface area (Å²) in [5.74, 6) is 1.71. The van der Waals surface area contributed by atoms with Crippen LogP contribution in [0.1, 0.15) is 38.1 Å². The normalized spacial score (nSPS) is 10.8. The van der Waals surface area contributed by atoms with Crippen molar-refractivity contribution in [3.05, 3.63) is 23.7 Å². The van der Waals surface area contributed by atoms with E-state index in [1.807, 2.05) is 23.9 Å². The van der Waals surface area contributed by atoms with E-state index in [1.54, 1.807) is 0 Å². The molecule has 20 heavy (non-hydrogen) atoms. The fourth-order valence-electron chi connectivity index (χ4n) is 2.22. The molecule has 1 N–H and O–H groups in total. The summed E-state index contributed by atoms with van der Waals surface area (Å²) in [6, 6.07) is 2.02. The van der Waals surface area contributed by atoms with Crippen molar-refractivity contribution >= 4 is 5.82 Å². The molecule has 0 atom stereocenters. The highest BCUT2D eigenvalue weighted by Gasteiger charge is 2.14. The number of rotatable bonds is 6. The molecule has 0 spiro atoms. The second-order valence-electron chi connectivity index (χ2n) is 4.96. The second-order valence-corrected chi connectivity index (χ2v) is 4.96. The summed E-state index contributed by atoms with van der Waals surface area (Å²) in [6.45, 7) is 10.1. The van der Waals surface area contributed by atoms with Crippen LogP contribution in [0.25, 0.3) is 11.4 Å². The third-order valence-electron chi connectivity index (χ3n) is 3.19. The van der Waals surface area contributed by atoms with Gasteiger partial charge in [0.15, 0.2) is 0 Å². The molecule has 0 saturated carbocycles. The lowest BCUT2D eigenvalue weighted by Gasteiger charge is -2.13. The van der Waals surface area contributed by atoms with E-state index in [1.165, 1.54) is 0 Å². The van der Waals surface area contributed by atoms with E-state index in [-0.39, 0.29) is 0 Å². The zero-order valence-electron chi connectivity index (χ0n) is 12.8. The largest absolute Gasteiger partial charge is 0.370 e. The summed E-state index contributed by atoms with van der Waals surface area (Å²) >= 11 is 0. The Hall–Kier alpha value is -1.91. The summed E-state index contributed by atoms with van der Waals surface area (Å²) in [4.78, 5) is 9.12. The fraction of sp³-hybridized carbons (Fsp3) is 0.533. The van der Waals surface area contributed by atoms with E-state index in [4.69, 9.17) is 0 Å². The monoisotopic (exact) mass is 273 g/mol. The topological polar surface area (TPSA) is 55.6 Å². The Morgan fingerprint density at radius 2 is 1.95 bits per heavy atom. The molecule has 0 radical (unpaired) electrons. The van der Waals surface area contributed by atoms with Crippen molar-refractivity contribution in [3.63, 3.8) is 0 Å². The Morgan fingerprint density at radius 3 is 2.65 bits per heavy atom. The molecule has 108 valence electrons. The van der Waals surface area contributed by atoms with Gasteiger partial charge in [-0.1, -0.05) is 13.8 Å². The number of aryl methyl sites for hydroxylation is 2. The first-order valence-electron chi connectivity index (χ1n) is 7.28. The molecule has 0 amide bonds. The summed E-state index contributed by atoms with van der Waals surface area (Å²) in [7, 11) is 0. The van der Waals surface area contributed by atoms with Crippen molar-refractivity contribution in [3.8, 4) is 11.4 Å². The molecule has 0 aliphatic carbocycles. The Bertz CT molecular complexity index is 574. The second kappa shape index (κ2) is 6.50. The Balaban J connectivity index is 2.45. The van der Waals surface area contributed by atoms with E-state index >= 15 is 0 Å². The molecule has 0 aliphatic rings. The van der Waals surface area contributed by atoms with E-state index in [2.05, 4.69) is 41.2 Å². The number of nitrogens with zero attached hydrogens (tertiary/aromatic N) is 4. The average Bonchev–Trinajstić information content (AvgIpc) is 2.88. The van der Waals surface area contributed by atoms with E-state index < -0.39 is 0 Å². The number of aromatic nitrogens is 4. The van der Waals surface area contributed by atoms with Gasteiger partial charge in [0.05, 0.1) is 11.4 Å². The van der Waals surface area contributed by atoms with Crippen LogP contribution in [-0.2, 0) is 6.54 Å². The van der Waals surface area contributed by atoms with E-state index in [9.17, 15) is 0 Å². The maximum absolute atomic E-state index is 4.61. The smallest absolute Gasteiger partial charge is 0.133 e. The zero-order valence-corrected chi connectivity index (χ0v) is 12.8. The van der Waals surface area contributed by atoms with Crippen LogP contribution in [0.3, 0.4) is 0 Å². The highest BCUT2D eigenvalue weighted by Crippen LogP contribution is 2.25. The summed E-state index contributed by atoms with van der Waals surface area (Å²) in [5.41, 5.74) is 3.12. The lowest BCUT2D eigenvalue weighted by molar-refractivity contribution is 0.607. The maximum atomic E-state index is 4.61. The van der Waals surface area contributed by atoms with Crippen molar-refractivity contribution in [1.82, 2.24) is 19.7 Å². The van der Waals surface area contributed by atoms with Gasteiger partial charge in [-0.2, -0.15) is 5.10 Å². The highest BCUT2D eigenvalue weighted by atomic mass is 15.3. The Morgan fingerprint density at radius 1 is 1.15 bits per heavy atom. The molecule has 0 aliphatic heterocycles. The van der Waals surface area contributed by atoms with Crippen molar-refractivity contribution in [2.45, 2.75) is 47.1 Å². The molecule has 2 rings (SSSR count). The number of hydrogen-bond acceptors (Lipinski definition) is 4. The van der Waals surface area contributed by atoms with Crippen molar-refractivity contribution in [2.75, 3.05) is 11.9 Å². The Labute approximate surface area is 120 Å². The summed E-state index contributed by atoms with van der Waals surface area (Å²) in [5, 5.41) is 7.76. The molecule has 0 fully saturated rings. The average molecular weight is 273 g/mol. The van der Waals surface area contributed by atoms with Gasteiger partial charge in [0.1, 0.15) is 11.6 Å². The van der Waals surface area contributed by atoms with Crippen molar-refractivity contribution in [2.24, 2.45) is 0 Å². The molecule has 5 nitrogen and oxygen atoms in total.